The maximum atomic E-state index is 9.81. The van der Waals surface area contributed by atoms with Gasteiger partial charge in [0.25, 0.3) is 0 Å². The lowest BCUT2D eigenvalue weighted by molar-refractivity contribution is 0.477. The van der Waals surface area contributed by atoms with Crippen molar-refractivity contribution < 1.29 is 5.11 Å². The quantitative estimate of drug-likeness (QED) is 0.736. The number of halogens is 1. The minimum Gasteiger partial charge on any atom is -0.507 e. The number of aromatic nitrogens is 2. The van der Waals surface area contributed by atoms with Crippen molar-refractivity contribution in [1.29, 1.82) is 0 Å². The molecular weight excluding hydrogens is 260 g/mol. The predicted molar refractivity (Wildman–Crippen MR) is 76.1 cm³/mol. The van der Waals surface area contributed by atoms with Crippen molar-refractivity contribution in [2.75, 3.05) is 0 Å². The highest BCUT2D eigenvalue weighted by Gasteiger charge is 2.09. The predicted octanol–water partition coefficient (Wildman–Crippen LogP) is 4.10. The monoisotopic (exact) mass is 270 g/mol. The lowest BCUT2D eigenvalue weighted by Crippen LogP contribution is -1.78. The summed E-state index contributed by atoms with van der Waals surface area (Å²) in [7, 11) is 0. The summed E-state index contributed by atoms with van der Waals surface area (Å²) in [5, 5.41) is 17.7. The third-order valence-corrected chi connectivity index (χ3v) is 3.13. The molecule has 2 aromatic carbocycles. The Labute approximate surface area is 115 Å². The number of para-hydroxylation sites is 1. The van der Waals surface area contributed by atoms with Gasteiger partial charge >= 0.3 is 0 Å². The number of nitrogens with one attached hydrogen (secondary N) is 1. The Bertz CT molecular complexity index is 721. The van der Waals surface area contributed by atoms with Crippen LogP contribution in [0.15, 0.2) is 54.6 Å². The summed E-state index contributed by atoms with van der Waals surface area (Å²) < 4.78 is 0. The molecule has 4 heteroatoms. The van der Waals surface area contributed by atoms with Gasteiger partial charge in [-0.3, -0.25) is 5.10 Å². The zero-order valence-electron chi connectivity index (χ0n) is 9.97. The van der Waals surface area contributed by atoms with Crippen LogP contribution < -0.4 is 0 Å². The second-order valence-corrected chi connectivity index (χ2v) is 4.63. The van der Waals surface area contributed by atoms with Crippen molar-refractivity contribution in [3.63, 3.8) is 0 Å². The Kier molecular flexibility index (Phi) is 2.97. The van der Waals surface area contributed by atoms with Crippen molar-refractivity contribution in [3.8, 4) is 28.3 Å². The number of hydrogen-bond donors (Lipinski definition) is 2. The van der Waals surface area contributed by atoms with E-state index in [-0.39, 0.29) is 5.75 Å². The van der Waals surface area contributed by atoms with Crippen molar-refractivity contribution >= 4 is 11.6 Å². The van der Waals surface area contributed by atoms with E-state index in [0.717, 1.165) is 11.3 Å². The summed E-state index contributed by atoms with van der Waals surface area (Å²) in [6.45, 7) is 0. The summed E-state index contributed by atoms with van der Waals surface area (Å²) in [5.41, 5.74) is 3.22. The van der Waals surface area contributed by atoms with Crippen LogP contribution in [0.5, 0.6) is 5.75 Å². The Morgan fingerprint density at radius 3 is 2.63 bits per heavy atom. The van der Waals surface area contributed by atoms with E-state index in [4.69, 9.17) is 11.6 Å². The summed E-state index contributed by atoms with van der Waals surface area (Å²) in [6, 6.07) is 16.5. The van der Waals surface area contributed by atoms with Gasteiger partial charge < -0.3 is 5.11 Å². The van der Waals surface area contributed by atoms with Crippen LogP contribution >= 0.6 is 11.6 Å². The number of benzene rings is 2. The maximum Gasteiger partial charge on any atom is 0.125 e. The van der Waals surface area contributed by atoms with E-state index in [0.29, 0.717) is 16.3 Å². The fraction of sp³-hybridized carbons (Fsp3) is 0. The highest BCUT2D eigenvalue weighted by atomic mass is 35.5. The van der Waals surface area contributed by atoms with Gasteiger partial charge in [0.2, 0.25) is 0 Å². The van der Waals surface area contributed by atoms with Crippen LogP contribution in [0.1, 0.15) is 0 Å². The summed E-state index contributed by atoms with van der Waals surface area (Å²) in [4.78, 5) is 0. The molecule has 0 radical (unpaired) electrons. The molecule has 2 N–H and O–H groups in total. The zero-order chi connectivity index (χ0) is 13.2. The molecule has 94 valence electrons. The number of phenols is 1. The molecule has 0 aliphatic rings. The first-order chi connectivity index (χ1) is 9.24. The van der Waals surface area contributed by atoms with Gasteiger partial charge in [0.1, 0.15) is 5.75 Å². The summed E-state index contributed by atoms with van der Waals surface area (Å²) in [5.74, 6) is 0.214. The smallest absolute Gasteiger partial charge is 0.125 e. The van der Waals surface area contributed by atoms with Gasteiger partial charge in [-0.2, -0.15) is 5.10 Å². The Morgan fingerprint density at radius 1 is 1.00 bits per heavy atom. The molecule has 0 aliphatic carbocycles. The standard InChI is InChI=1S/C15H11ClN2O/c16-11-5-3-4-10(8-11)13-9-14(18-17-13)12-6-1-2-7-15(12)19/h1-9,19H,(H,17,18). The number of nitrogens with zero attached hydrogens (tertiary/aromatic N) is 1. The highest BCUT2D eigenvalue weighted by Crippen LogP contribution is 2.30. The van der Waals surface area contributed by atoms with Crippen LogP contribution in [0.3, 0.4) is 0 Å². The van der Waals surface area contributed by atoms with Crippen LogP contribution in [0.4, 0.5) is 0 Å². The van der Waals surface area contributed by atoms with Gasteiger partial charge in [0.15, 0.2) is 0 Å². The molecule has 3 nitrogen and oxygen atoms in total. The number of aromatic amines is 1. The fourth-order valence-corrected chi connectivity index (χ4v) is 2.14. The number of phenolic OH excluding ortho intramolecular Hbond substituents is 1. The van der Waals surface area contributed by atoms with Gasteiger partial charge in [-0.05, 0) is 30.3 Å². The van der Waals surface area contributed by atoms with E-state index in [1.807, 2.05) is 42.5 Å². The van der Waals surface area contributed by atoms with E-state index in [1.165, 1.54) is 0 Å². The number of hydrogen-bond acceptors (Lipinski definition) is 2. The van der Waals surface area contributed by atoms with Crippen LogP contribution in [-0.2, 0) is 0 Å². The van der Waals surface area contributed by atoms with Gasteiger partial charge in [0.05, 0.1) is 11.4 Å². The Balaban J connectivity index is 2.03. The number of aromatic hydroxyl groups is 1. The van der Waals surface area contributed by atoms with E-state index >= 15 is 0 Å². The van der Waals surface area contributed by atoms with Gasteiger partial charge in [-0.15, -0.1) is 0 Å². The van der Waals surface area contributed by atoms with Gasteiger partial charge in [-0.1, -0.05) is 35.9 Å². The molecule has 0 saturated carbocycles. The second kappa shape index (κ2) is 4.78. The van der Waals surface area contributed by atoms with Crippen LogP contribution in [-0.4, -0.2) is 15.3 Å². The molecule has 19 heavy (non-hydrogen) atoms. The third kappa shape index (κ3) is 2.33. The van der Waals surface area contributed by atoms with E-state index in [9.17, 15) is 5.11 Å². The molecular formula is C15H11ClN2O. The highest BCUT2D eigenvalue weighted by molar-refractivity contribution is 6.30. The largest absolute Gasteiger partial charge is 0.507 e. The number of H-pyrrole nitrogens is 1. The average molecular weight is 271 g/mol. The summed E-state index contributed by atoms with van der Waals surface area (Å²) >= 11 is 5.97. The minimum absolute atomic E-state index is 0.214. The molecule has 0 atom stereocenters. The number of rotatable bonds is 2. The summed E-state index contributed by atoms with van der Waals surface area (Å²) in [6.07, 6.45) is 0. The Morgan fingerprint density at radius 2 is 1.84 bits per heavy atom. The molecule has 0 spiro atoms. The molecule has 0 fully saturated rings. The van der Waals surface area contributed by atoms with Crippen LogP contribution in [0.2, 0.25) is 5.02 Å². The van der Waals surface area contributed by atoms with Crippen molar-refractivity contribution in [2.45, 2.75) is 0 Å². The molecule has 0 saturated heterocycles. The molecule has 3 aromatic rings. The molecule has 0 aliphatic heterocycles. The third-order valence-electron chi connectivity index (χ3n) is 2.89. The maximum absolute atomic E-state index is 9.81. The zero-order valence-corrected chi connectivity index (χ0v) is 10.7. The topological polar surface area (TPSA) is 48.9 Å². The molecule has 0 unspecified atom stereocenters. The normalized spacial score (nSPS) is 10.6. The molecule has 3 rings (SSSR count). The lowest BCUT2D eigenvalue weighted by Gasteiger charge is -1.99. The van der Waals surface area contributed by atoms with E-state index in [1.54, 1.807) is 12.1 Å². The first kappa shape index (κ1) is 11.8. The lowest BCUT2D eigenvalue weighted by atomic mass is 10.1. The van der Waals surface area contributed by atoms with Crippen LogP contribution in [0.25, 0.3) is 22.5 Å². The molecule has 1 heterocycles. The van der Waals surface area contributed by atoms with Crippen molar-refractivity contribution in [2.24, 2.45) is 0 Å². The van der Waals surface area contributed by atoms with E-state index < -0.39 is 0 Å². The first-order valence-corrected chi connectivity index (χ1v) is 6.21. The SMILES string of the molecule is Oc1ccccc1-c1cc(-c2cccc(Cl)c2)[nH]n1. The fourth-order valence-electron chi connectivity index (χ4n) is 1.95. The van der Waals surface area contributed by atoms with Crippen LogP contribution in [0, 0.1) is 0 Å². The second-order valence-electron chi connectivity index (χ2n) is 4.19. The van der Waals surface area contributed by atoms with Gasteiger partial charge in [-0.25, -0.2) is 0 Å². The first-order valence-electron chi connectivity index (χ1n) is 5.84. The van der Waals surface area contributed by atoms with Crippen molar-refractivity contribution in [3.05, 3.63) is 59.6 Å². The minimum atomic E-state index is 0.214. The molecule has 1 aromatic heterocycles. The van der Waals surface area contributed by atoms with E-state index in [2.05, 4.69) is 10.2 Å². The molecule has 0 amide bonds. The average Bonchev–Trinajstić information content (AvgIpc) is 2.89. The molecule has 0 bridgehead atoms. The van der Waals surface area contributed by atoms with Gasteiger partial charge in [0, 0.05) is 16.1 Å². The van der Waals surface area contributed by atoms with Crippen molar-refractivity contribution in [1.82, 2.24) is 10.2 Å². The Hall–Kier alpha value is -2.26.